The monoisotopic (exact) mass is 391 g/mol. The summed E-state index contributed by atoms with van der Waals surface area (Å²) in [5, 5.41) is 4.02. The number of nitrogens with one attached hydrogen (secondary N) is 1. The molecule has 1 saturated heterocycles. The van der Waals surface area contributed by atoms with Gasteiger partial charge in [0.1, 0.15) is 4.88 Å². The third kappa shape index (κ3) is 3.94. The molecule has 1 fully saturated rings. The average molecular weight is 392 g/mol. The smallest absolute Gasteiger partial charge is 0.268 e. The Hall–Kier alpha value is -2.66. The summed E-state index contributed by atoms with van der Waals surface area (Å²) in [6.07, 6.45) is 2.37. The molecule has 0 radical (unpaired) electrons. The normalized spacial score (nSPS) is 13.8. The van der Waals surface area contributed by atoms with Crippen LogP contribution in [-0.4, -0.2) is 24.0 Å². The molecule has 2 aromatic carbocycles. The van der Waals surface area contributed by atoms with Gasteiger partial charge in [0, 0.05) is 24.3 Å². The first-order valence-electron chi connectivity index (χ1n) is 9.72. The van der Waals surface area contributed by atoms with Crippen molar-refractivity contribution < 1.29 is 4.79 Å². The van der Waals surface area contributed by atoms with Crippen molar-refractivity contribution in [1.29, 1.82) is 0 Å². The number of rotatable bonds is 4. The molecule has 0 atom stereocenters. The van der Waals surface area contributed by atoms with Gasteiger partial charge in [-0.1, -0.05) is 47.2 Å². The van der Waals surface area contributed by atoms with E-state index >= 15 is 0 Å². The van der Waals surface area contributed by atoms with Gasteiger partial charge in [0.25, 0.3) is 5.91 Å². The van der Waals surface area contributed by atoms with Gasteiger partial charge in [0.05, 0.1) is 5.69 Å². The minimum Gasteiger partial charge on any atom is -0.348 e. The molecule has 1 N–H and O–H groups in total. The van der Waals surface area contributed by atoms with Gasteiger partial charge in [-0.3, -0.25) is 4.79 Å². The standard InChI is InChI=1S/C23H25N3OS/c1-15-6-8-18(9-7-15)20-21(28-23(25-20)26-10-4-5-11-26)22(27)24-19-13-16(2)12-17(3)14-19/h6-9,12-14H,4-5,10-11H2,1-3H3,(H,24,27). The molecule has 1 aliphatic rings. The zero-order chi connectivity index (χ0) is 19.7. The summed E-state index contributed by atoms with van der Waals surface area (Å²) in [5.41, 5.74) is 6.05. The summed E-state index contributed by atoms with van der Waals surface area (Å²) in [7, 11) is 0. The van der Waals surface area contributed by atoms with Crippen LogP contribution in [0.4, 0.5) is 10.8 Å². The number of hydrogen-bond acceptors (Lipinski definition) is 4. The summed E-state index contributed by atoms with van der Waals surface area (Å²) in [5.74, 6) is -0.0940. The van der Waals surface area contributed by atoms with E-state index in [0.717, 1.165) is 46.3 Å². The third-order valence-corrected chi connectivity index (χ3v) is 6.12. The molecule has 3 aromatic rings. The fourth-order valence-corrected chi connectivity index (χ4v) is 4.68. The van der Waals surface area contributed by atoms with Crippen LogP contribution in [-0.2, 0) is 0 Å². The lowest BCUT2D eigenvalue weighted by Crippen LogP contribution is -2.17. The Kier molecular flexibility index (Phi) is 5.18. The largest absolute Gasteiger partial charge is 0.348 e. The molecular weight excluding hydrogens is 366 g/mol. The highest BCUT2D eigenvalue weighted by molar-refractivity contribution is 7.18. The van der Waals surface area contributed by atoms with Crippen molar-refractivity contribution >= 4 is 28.1 Å². The van der Waals surface area contributed by atoms with Crippen LogP contribution in [0.5, 0.6) is 0 Å². The highest BCUT2D eigenvalue weighted by Crippen LogP contribution is 2.35. The van der Waals surface area contributed by atoms with E-state index < -0.39 is 0 Å². The molecule has 28 heavy (non-hydrogen) atoms. The molecule has 1 aliphatic heterocycles. The minimum atomic E-state index is -0.0940. The van der Waals surface area contributed by atoms with Gasteiger partial charge in [-0.05, 0) is 56.9 Å². The van der Waals surface area contributed by atoms with Crippen LogP contribution in [0.3, 0.4) is 0 Å². The highest BCUT2D eigenvalue weighted by atomic mass is 32.1. The highest BCUT2D eigenvalue weighted by Gasteiger charge is 2.24. The minimum absolute atomic E-state index is 0.0940. The number of nitrogens with zero attached hydrogens (tertiary/aromatic N) is 2. The number of benzene rings is 2. The van der Waals surface area contributed by atoms with Crippen LogP contribution < -0.4 is 10.2 Å². The first kappa shape index (κ1) is 18.7. The van der Waals surface area contributed by atoms with Crippen LogP contribution in [0.2, 0.25) is 0 Å². The van der Waals surface area contributed by atoms with E-state index in [0.29, 0.717) is 4.88 Å². The van der Waals surface area contributed by atoms with Gasteiger partial charge in [0.15, 0.2) is 5.13 Å². The molecule has 0 spiro atoms. The second-order valence-corrected chi connectivity index (χ2v) is 8.54. The Labute approximate surface area is 170 Å². The van der Waals surface area contributed by atoms with Gasteiger partial charge < -0.3 is 10.2 Å². The number of thiazole rings is 1. The molecule has 144 valence electrons. The molecule has 4 nitrogen and oxygen atoms in total. The summed E-state index contributed by atoms with van der Waals surface area (Å²) in [6.45, 7) is 8.17. The van der Waals surface area contributed by atoms with Gasteiger partial charge in [0.2, 0.25) is 0 Å². The van der Waals surface area contributed by atoms with Crippen molar-refractivity contribution in [2.24, 2.45) is 0 Å². The van der Waals surface area contributed by atoms with E-state index in [9.17, 15) is 4.79 Å². The molecule has 0 saturated carbocycles. The molecule has 1 aromatic heterocycles. The molecule has 1 amide bonds. The first-order valence-corrected chi connectivity index (χ1v) is 10.5. The number of aromatic nitrogens is 1. The number of amides is 1. The van der Waals surface area contributed by atoms with E-state index in [2.05, 4.69) is 35.3 Å². The van der Waals surface area contributed by atoms with Crippen LogP contribution in [0.1, 0.15) is 39.2 Å². The maximum atomic E-state index is 13.2. The topological polar surface area (TPSA) is 45.2 Å². The maximum Gasteiger partial charge on any atom is 0.268 e. The van der Waals surface area contributed by atoms with Crippen LogP contribution >= 0.6 is 11.3 Å². The van der Waals surface area contributed by atoms with Gasteiger partial charge in [-0.2, -0.15) is 0 Å². The first-order chi connectivity index (χ1) is 13.5. The zero-order valence-electron chi connectivity index (χ0n) is 16.6. The van der Waals surface area contributed by atoms with Crippen molar-refractivity contribution in [3.05, 3.63) is 64.0 Å². The Morgan fingerprint density at radius 1 is 0.964 bits per heavy atom. The number of aryl methyl sites for hydroxylation is 3. The van der Waals surface area contributed by atoms with Gasteiger partial charge >= 0.3 is 0 Å². The number of carbonyl (C=O) groups is 1. The number of carbonyl (C=O) groups excluding carboxylic acids is 1. The average Bonchev–Trinajstić information content (AvgIpc) is 3.31. The zero-order valence-corrected chi connectivity index (χ0v) is 17.4. The maximum absolute atomic E-state index is 13.2. The lowest BCUT2D eigenvalue weighted by Gasteiger charge is -2.12. The SMILES string of the molecule is Cc1ccc(-c2nc(N3CCCC3)sc2C(=O)Nc2cc(C)cc(C)c2)cc1. The molecule has 5 heteroatoms. The van der Waals surface area contributed by atoms with E-state index in [-0.39, 0.29) is 5.91 Å². The van der Waals surface area contributed by atoms with Crippen LogP contribution in [0.15, 0.2) is 42.5 Å². The lowest BCUT2D eigenvalue weighted by molar-refractivity contribution is 0.103. The van der Waals surface area contributed by atoms with Crippen molar-refractivity contribution in [2.45, 2.75) is 33.6 Å². The van der Waals surface area contributed by atoms with E-state index in [1.165, 1.54) is 29.7 Å². The predicted molar refractivity (Wildman–Crippen MR) is 118 cm³/mol. The Morgan fingerprint density at radius 2 is 1.61 bits per heavy atom. The summed E-state index contributed by atoms with van der Waals surface area (Å²) in [4.78, 5) is 21.0. The van der Waals surface area contributed by atoms with E-state index in [1.54, 1.807) is 0 Å². The quantitative estimate of drug-likeness (QED) is 0.631. The van der Waals surface area contributed by atoms with Crippen molar-refractivity contribution in [2.75, 3.05) is 23.3 Å². The molecule has 2 heterocycles. The molecular formula is C23H25N3OS. The fraction of sp³-hybridized carbons (Fsp3) is 0.304. The van der Waals surface area contributed by atoms with Crippen molar-refractivity contribution in [1.82, 2.24) is 4.98 Å². The third-order valence-electron chi connectivity index (χ3n) is 5.00. The summed E-state index contributed by atoms with van der Waals surface area (Å²) < 4.78 is 0. The van der Waals surface area contributed by atoms with Gasteiger partial charge in [-0.15, -0.1) is 0 Å². The molecule has 0 bridgehead atoms. The number of anilines is 2. The molecule has 4 rings (SSSR count). The van der Waals surface area contributed by atoms with E-state index in [1.807, 2.05) is 38.1 Å². The summed E-state index contributed by atoms with van der Waals surface area (Å²) >= 11 is 1.49. The van der Waals surface area contributed by atoms with Crippen molar-refractivity contribution in [3.63, 3.8) is 0 Å². The predicted octanol–water partition coefficient (Wildman–Crippen LogP) is 5.59. The van der Waals surface area contributed by atoms with Crippen molar-refractivity contribution in [3.8, 4) is 11.3 Å². The second-order valence-electron chi connectivity index (χ2n) is 7.56. The van der Waals surface area contributed by atoms with E-state index in [4.69, 9.17) is 4.98 Å². The fourth-order valence-electron chi connectivity index (χ4n) is 3.65. The second kappa shape index (κ2) is 7.76. The van der Waals surface area contributed by atoms with Crippen LogP contribution in [0.25, 0.3) is 11.3 Å². The Balaban J connectivity index is 1.71. The Morgan fingerprint density at radius 3 is 2.25 bits per heavy atom. The van der Waals surface area contributed by atoms with Crippen LogP contribution in [0, 0.1) is 20.8 Å². The van der Waals surface area contributed by atoms with Gasteiger partial charge in [-0.25, -0.2) is 4.98 Å². The molecule has 0 aliphatic carbocycles. The summed E-state index contributed by atoms with van der Waals surface area (Å²) in [6, 6.07) is 14.3. The Bertz CT molecular complexity index is 981. The lowest BCUT2D eigenvalue weighted by atomic mass is 10.1. The number of hydrogen-bond donors (Lipinski definition) is 1. The molecule has 0 unspecified atom stereocenters.